The van der Waals surface area contributed by atoms with Gasteiger partial charge in [0.1, 0.15) is 11.6 Å². The van der Waals surface area contributed by atoms with Gasteiger partial charge in [0, 0.05) is 31.2 Å². The van der Waals surface area contributed by atoms with Gasteiger partial charge < -0.3 is 20.4 Å². The van der Waals surface area contributed by atoms with E-state index in [0.717, 1.165) is 32.5 Å². The van der Waals surface area contributed by atoms with Crippen molar-refractivity contribution in [2.75, 3.05) is 45.2 Å². The molecule has 1 saturated heterocycles. The molecule has 1 unspecified atom stereocenters. The largest absolute Gasteiger partial charge is 0.363 e. The first-order valence-corrected chi connectivity index (χ1v) is 11.3. The van der Waals surface area contributed by atoms with E-state index < -0.39 is 17.7 Å². The summed E-state index contributed by atoms with van der Waals surface area (Å²) < 4.78 is 28.6. The van der Waals surface area contributed by atoms with Crippen LogP contribution >= 0.6 is 11.3 Å². The standard InChI is InChI=1S/C22H31F2N5S/c1-4-25-22(27-16-10-12-29(13-11-16)20-9-6-14-30-20)26-15-19(28(2)3)21-17(23)7-5-8-18(21)24/h5-9,14,16,19H,4,10-13,15H2,1-3H3,(H2,25,26,27). The molecule has 2 heterocycles. The van der Waals surface area contributed by atoms with Crippen molar-refractivity contribution in [2.45, 2.75) is 31.8 Å². The molecule has 5 nitrogen and oxygen atoms in total. The summed E-state index contributed by atoms with van der Waals surface area (Å²) in [6.45, 7) is 4.99. The lowest BCUT2D eigenvalue weighted by atomic mass is 10.0. The minimum atomic E-state index is -0.539. The van der Waals surface area contributed by atoms with Gasteiger partial charge in [-0.3, -0.25) is 4.99 Å². The summed E-state index contributed by atoms with van der Waals surface area (Å²) in [5.74, 6) is -0.388. The highest BCUT2D eigenvalue weighted by atomic mass is 32.1. The van der Waals surface area contributed by atoms with E-state index in [0.29, 0.717) is 12.0 Å². The van der Waals surface area contributed by atoms with Crippen LogP contribution in [0.5, 0.6) is 0 Å². The van der Waals surface area contributed by atoms with E-state index in [9.17, 15) is 8.78 Å². The van der Waals surface area contributed by atoms with Gasteiger partial charge >= 0.3 is 0 Å². The molecule has 164 valence electrons. The van der Waals surface area contributed by atoms with Gasteiger partial charge in [0.2, 0.25) is 0 Å². The van der Waals surface area contributed by atoms with Crippen LogP contribution in [0, 0.1) is 11.6 Å². The Balaban J connectivity index is 1.65. The molecule has 0 radical (unpaired) electrons. The number of anilines is 1. The lowest BCUT2D eigenvalue weighted by molar-refractivity contribution is 0.290. The third-order valence-corrected chi connectivity index (χ3v) is 6.31. The summed E-state index contributed by atoms with van der Waals surface area (Å²) in [5.41, 5.74) is 0.0614. The molecule has 0 spiro atoms. The number of rotatable bonds is 7. The Morgan fingerprint density at radius 2 is 1.90 bits per heavy atom. The van der Waals surface area contributed by atoms with Crippen LogP contribution < -0.4 is 15.5 Å². The van der Waals surface area contributed by atoms with Crippen LogP contribution in [-0.4, -0.2) is 57.2 Å². The Morgan fingerprint density at radius 3 is 2.47 bits per heavy atom. The number of likely N-dealkylation sites (N-methyl/N-ethyl adjacent to an activating group) is 1. The van der Waals surface area contributed by atoms with Crippen LogP contribution in [0.15, 0.2) is 40.7 Å². The Kier molecular flexibility index (Phi) is 8.04. The van der Waals surface area contributed by atoms with Crippen LogP contribution in [0.4, 0.5) is 13.8 Å². The van der Waals surface area contributed by atoms with E-state index in [-0.39, 0.29) is 12.1 Å². The Morgan fingerprint density at radius 1 is 1.20 bits per heavy atom. The SMILES string of the molecule is CCNC(=NCC(c1c(F)cccc1F)N(C)C)NC1CCN(c2cccs2)CC1. The van der Waals surface area contributed by atoms with Crippen LogP contribution in [0.25, 0.3) is 0 Å². The van der Waals surface area contributed by atoms with Gasteiger partial charge in [-0.1, -0.05) is 6.07 Å². The van der Waals surface area contributed by atoms with Gasteiger partial charge in [-0.15, -0.1) is 11.3 Å². The molecule has 1 atom stereocenters. The maximum absolute atomic E-state index is 14.3. The van der Waals surface area contributed by atoms with Crippen molar-refractivity contribution in [3.05, 3.63) is 52.9 Å². The Labute approximate surface area is 181 Å². The quantitative estimate of drug-likeness (QED) is 0.512. The number of thiophene rings is 1. The highest BCUT2D eigenvalue weighted by Crippen LogP contribution is 2.26. The van der Waals surface area contributed by atoms with Crippen LogP contribution in [0.1, 0.15) is 31.4 Å². The fraction of sp³-hybridized carbons (Fsp3) is 0.500. The van der Waals surface area contributed by atoms with Crippen molar-refractivity contribution in [3.63, 3.8) is 0 Å². The predicted molar refractivity (Wildman–Crippen MR) is 121 cm³/mol. The number of nitrogens with one attached hydrogen (secondary N) is 2. The molecule has 0 saturated carbocycles. The number of aliphatic imine (C=N–C) groups is 1. The number of halogens is 2. The molecule has 1 aromatic carbocycles. The molecular weight excluding hydrogens is 404 g/mol. The molecular formula is C22H31F2N5S. The molecule has 0 amide bonds. The van der Waals surface area contributed by atoms with Gasteiger partial charge in [-0.25, -0.2) is 8.78 Å². The van der Waals surface area contributed by atoms with E-state index >= 15 is 0 Å². The molecule has 3 rings (SSSR count). The number of piperidine rings is 1. The average Bonchev–Trinajstić information content (AvgIpc) is 3.25. The van der Waals surface area contributed by atoms with E-state index in [2.05, 4.69) is 38.0 Å². The highest BCUT2D eigenvalue weighted by Gasteiger charge is 2.23. The van der Waals surface area contributed by atoms with E-state index in [1.165, 1.54) is 23.2 Å². The minimum absolute atomic E-state index is 0.0614. The molecule has 1 aromatic heterocycles. The summed E-state index contributed by atoms with van der Waals surface area (Å²) in [6.07, 6.45) is 2.03. The monoisotopic (exact) mass is 435 g/mol. The molecule has 1 fully saturated rings. The molecule has 0 aliphatic carbocycles. The Bertz CT molecular complexity index is 797. The van der Waals surface area contributed by atoms with Crippen LogP contribution in [0.3, 0.4) is 0 Å². The van der Waals surface area contributed by atoms with Gasteiger partial charge in [-0.05, 0) is 63.5 Å². The third kappa shape index (κ3) is 5.70. The van der Waals surface area contributed by atoms with E-state index in [4.69, 9.17) is 0 Å². The van der Waals surface area contributed by atoms with Crippen molar-refractivity contribution in [3.8, 4) is 0 Å². The number of hydrogen-bond donors (Lipinski definition) is 2. The van der Waals surface area contributed by atoms with Crippen LogP contribution in [-0.2, 0) is 0 Å². The van der Waals surface area contributed by atoms with Crippen molar-refractivity contribution < 1.29 is 8.78 Å². The summed E-state index contributed by atoms with van der Waals surface area (Å²) in [4.78, 5) is 8.88. The zero-order chi connectivity index (χ0) is 21.5. The van der Waals surface area contributed by atoms with Crippen molar-refractivity contribution in [1.82, 2.24) is 15.5 Å². The first-order valence-electron chi connectivity index (χ1n) is 10.4. The molecule has 2 aromatic rings. The van der Waals surface area contributed by atoms with Crippen molar-refractivity contribution in [2.24, 2.45) is 4.99 Å². The smallest absolute Gasteiger partial charge is 0.191 e. The molecule has 1 aliphatic rings. The van der Waals surface area contributed by atoms with Gasteiger partial charge in [-0.2, -0.15) is 0 Å². The summed E-state index contributed by atoms with van der Waals surface area (Å²) >= 11 is 1.77. The highest BCUT2D eigenvalue weighted by molar-refractivity contribution is 7.14. The summed E-state index contributed by atoms with van der Waals surface area (Å²) in [6, 6.07) is 8.06. The average molecular weight is 436 g/mol. The van der Waals surface area contributed by atoms with E-state index in [1.807, 2.05) is 21.0 Å². The first kappa shape index (κ1) is 22.5. The number of hydrogen-bond acceptors (Lipinski definition) is 4. The second kappa shape index (κ2) is 10.7. The number of guanidine groups is 1. The molecule has 0 bridgehead atoms. The van der Waals surface area contributed by atoms with Crippen molar-refractivity contribution in [1.29, 1.82) is 0 Å². The Hall–Kier alpha value is -2.19. The van der Waals surface area contributed by atoms with Gasteiger partial charge in [0.25, 0.3) is 0 Å². The zero-order valence-corrected chi connectivity index (χ0v) is 18.7. The zero-order valence-electron chi connectivity index (χ0n) is 17.9. The lowest BCUT2D eigenvalue weighted by Gasteiger charge is -2.33. The third-order valence-electron chi connectivity index (χ3n) is 5.38. The molecule has 2 N–H and O–H groups in total. The summed E-state index contributed by atoms with van der Waals surface area (Å²) in [7, 11) is 3.62. The fourth-order valence-electron chi connectivity index (χ4n) is 3.73. The van der Waals surface area contributed by atoms with Crippen LogP contribution in [0.2, 0.25) is 0 Å². The maximum Gasteiger partial charge on any atom is 0.191 e. The molecule has 30 heavy (non-hydrogen) atoms. The van der Waals surface area contributed by atoms with Gasteiger partial charge in [0.05, 0.1) is 17.6 Å². The second-order valence-corrected chi connectivity index (χ2v) is 8.62. The maximum atomic E-state index is 14.3. The summed E-state index contributed by atoms with van der Waals surface area (Å²) in [5, 5.41) is 10.2. The fourth-order valence-corrected chi connectivity index (χ4v) is 4.51. The molecule has 8 heteroatoms. The normalized spacial score (nSPS) is 16.7. The van der Waals surface area contributed by atoms with Crippen molar-refractivity contribution >= 4 is 22.3 Å². The number of nitrogens with zero attached hydrogens (tertiary/aromatic N) is 3. The second-order valence-electron chi connectivity index (χ2n) is 7.69. The van der Waals surface area contributed by atoms with E-state index in [1.54, 1.807) is 16.2 Å². The topological polar surface area (TPSA) is 42.9 Å². The predicted octanol–water partition coefficient (Wildman–Crippen LogP) is 3.85. The van der Waals surface area contributed by atoms with Gasteiger partial charge in [0.15, 0.2) is 5.96 Å². The number of benzene rings is 1. The first-order chi connectivity index (χ1) is 14.5. The lowest BCUT2D eigenvalue weighted by Crippen LogP contribution is -2.48. The molecule has 1 aliphatic heterocycles. The minimum Gasteiger partial charge on any atom is -0.363 e.